The van der Waals surface area contributed by atoms with Crippen LogP contribution in [0.4, 0.5) is 5.69 Å². The van der Waals surface area contributed by atoms with Crippen LogP contribution >= 0.6 is 11.3 Å². The SMILES string of the molecule is COc1ccc(C)cc1/C=C/C(=O)Nc1ccccc1-c1nc2ccccc2s1. The molecule has 0 bridgehead atoms. The second-order valence-corrected chi connectivity index (χ2v) is 7.63. The van der Waals surface area contributed by atoms with Gasteiger partial charge in [0.05, 0.1) is 23.0 Å². The van der Waals surface area contributed by atoms with Crippen molar-refractivity contribution in [3.63, 3.8) is 0 Å². The summed E-state index contributed by atoms with van der Waals surface area (Å²) in [6.07, 6.45) is 3.29. The fourth-order valence-electron chi connectivity index (χ4n) is 3.09. The van der Waals surface area contributed by atoms with Gasteiger partial charge in [-0.25, -0.2) is 4.98 Å². The summed E-state index contributed by atoms with van der Waals surface area (Å²) in [4.78, 5) is 17.3. The second kappa shape index (κ2) is 8.29. The monoisotopic (exact) mass is 400 g/mol. The van der Waals surface area contributed by atoms with Crippen molar-refractivity contribution in [1.82, 2.24) is 4.98 Å². The molecule has 1 aromatic heterocycles. The summed E-state index contributed by atoms with van der Waals surface area (Å²) in [5, 5.41) is 3.86. The molecule has 0 saturated heterocycles. The number of carbonyl (C=O) groups excluding carboxylic acids is 1. The number of amides is 1. The van der Waals surface area contributed by atoms with Crippen molar-refractivity contribution < 1.29 is 9.53 Å². The van der Waals surface area contributed by atoms with E-state index in [1.165, 1.54) is 6.08 Å². The molecule has 0 saturated carbocycles. The number of aromatic nitrogens is 1. The summed E-state index contributed by atoms with van der Waals surface area (Å²) >= 11 is 1.61. The number of aryl methyl sites for hydroxylation is 1. The van der Waals surface area contributed by atoms with Crippen molar-refractivity contribution >= 4 is 39.2 Å². The highest BCUT2D eigenvalue weighted by Gasteiger charge is 2.11. The molecule has 4 rings (SSSR count). The summed E-state index contributed by atoms with van der Waals surface area (Å²) < 4.78 is 6.49. The molecule has 0 aliphatic rings. The third-order valence-corrected chi connectivity index (χ3v) is 5.58. The number of anilines is 1. The van der Waals surface area contributed by atoms with Crippen LogP contribution in [0.25, 0.3) is 26.9 Å². The highest BCUT2D eigenvalue weighted by molar-refractivity contribution is 7.21. The predicted molar refractivity (Wildman–Crippen MR) is 120 cm³/mol. The number of methoxy groups -OCH3 is 1. The Kier molecular flexibility index (Phi) is 5.40. The molecular weight excluding hydrogens is 380 g/mol. The molecule has 1 heterocycles. The summed E-state index contributed by atoms with van der Waals surface area (Å²) in [5.74, 6) is 0.525. The van der Waals surface area contributed by atoms with E-state index in [-0.39, 0.29) is 5.91 Å². The molecule has 0 aliphatic carbocycles. The van der Waals surface area contributed by atoms with E-state index in [0.29, 0.717) is 0 Å². The average Bonchev–Trinajstić information content (AvgIpc) is 3.17. The first-order valence-corrected chi connectivity index (χ1v) is 10.0. The topological polar surface area (TPSA) is 51.2 Å². The van der Waals surface area contributed by atoms with E-state index in [1.54, 1.807) is 24.5 Å². The number of rotatable bonds is 5. The van der Waals surface area contributed by atoms with E-state index in [9.17, 15) is 4.79 Å². The first-order valence-electron chi connectivity index (χ1n) is 9.23. The van der Waals surface area contributed by atoms with E-state index in [4.69, 9.17) is 9.72 Å². The van der Waals surface area contributed by atoms with Crippen LogP contribution in [-0.2, 0) is 4.79 Å². The minimum atomic E-state index is -0.206. The Morgan fingerprint density at radius 1 is 1.07 bits per heavy atom. The van der Waals surface area contributed by atoms with Crippen LogP contribution in [0.2, 0.25) is 0 Å². The number of nitrogens with zero attached hydrogens (tertiary/aromatic N) is 1. The number of para-hydroxylation sites is 2. The van der Waals surface area contributed by atoms with Crippen molar-refractivity contribution in [3.05, 3.63) is 83.9 Å². The van der Waals surface area contributed by atoms with Crippen LogP contribution in [0.15, 0.2) is 72.8 Å². The fraction of sp³-hybridized carbons (Fsp3) is 0.0833. The average molecular weight is 401 g/mol. The maximum atomic E-state index is 12.6. The largest absolute Gasteiger partial charge is 0.496 e. The Balaban J connectivity index is 1.59. The number of thiazole rings is 1. The van der Waals surface area contributed by atoms with Crippen molar-refractivity contribution in [2.45, 2.75) is 6.92 Å². The molecule has 3 aromatic carbocycles. The van der Waals surface area contributed by atoms with Crippen molar-refractivity contribution in [3.8, 4) is 16.3 Å². The Morgan fingerprint density at radius 3 is 2.69 bits per heavy atom. The van der Waals surface area contributed by atoms with Crippen LogP contribution in [0.5, 0.6) is 5.75 Å². The van der Waals surface area contributed by atoms with Crippen molar-refractivity contribution in [2.24, 2.45) is 0 Å². The van der Waals surface area contributed by atoms with Crippen LogP contribution in [0.1, 0.15) is 11.1 Å². The zero-order valence-corrected chi connectivity index (χ0v) is 17.0. The molecule has 5 heteroatoms. The predicted octanol–water partition coefficient (Wildman–Crippen LogP) is 5.93. The highest BCUT2D eigenvalue weighted by atomic mass is 32.1. The summed E-state index contributed by atoms with van der Waals surface area (Å²) in [6, 6.07) is 21.6. The Morgan fingerprint density at radius 2 is 1.86 bits per heavy atom. The molecule has 0 aliphatic heterocycles. The van der Waals surface area contributed by atoms with Gasteiger partial charge in [-0.1, -0.05) is 35.9 Å². The quantitative estimate of drug-likeness (QED) is 0.422. The van der Waals surface area contributed by atoms with E-state index >= 15 is 0 Å². The third kappa shape index (κ3) is 4.20. The number of hydrogen-bond acceptors (Lipinski definition) is 4. The van der Waals surface area contributed by atoms with Gasteiger partial charge in [0.15, 0.2) is 0 Å². The van der Waals surface area contributed by atoms with Crippen molar-refractivity contribution in [2.75, 3.05) is 12.4 Å². The molecular formula is C24H20N2O2S. The maximum Gasteiger partial charge on any atom is 0.248 e. The normalized spacial score (nSPS) is 11.1. The smallest absolute Gasteiger partial charge is 0.248 e. The van der Waals surface area contributed by atoms with Crippen molar-refractivity contribution in [1.29, 1.82) is 0 Å². The standard InChI is InChI=1S/C24H20N2O2S/c1-16-11-13-21(28-2)17(15-16)12-14-23(27)25-19-8-4-3-7-18(19)24-26-20-9-5-6-10-22(20)29-24/h3-15H,1-2H3,(H,25,27)/b14-12+. The molecule has 29 heavy (non-hydrogen) atoms. The van der Waals surface area contributed by atoms with Crippen LogP contribution in [0, 0.1) is 6.92 Å². The van der Waals surface area contributed by atoms with Gasteiger partial charge in [-0.05, 0) is 49.4 Å². The minimum absolute atomic E-state index is 0.206. The zero-order chi connectivity index (χ0) is 20.2. The van der Waals surface area contributed by atoms with E-state index in [2.05, 4.69) is 11.4 Å². The molecule has 0 fully saturated rings. The van der Waals surface area contributed by atoms with E-state index in [0.717, 1.165) is 43.4 Å². The minimum Gasteiger partial charge on any atom is -0.496 e. The van der Waals surface area contributed by atoms with Crippen LogP contribution in [-0.4, -0.2) is 18.0 Å². The zero-order valence-electron chi connectivity index (χ0n) is 16.2. The van der Waals surface area contributed by atoms with Gasteiger partial charge in [0.25, 0.3) is 0 Å². The van der Waals surface area contributed by atoms with E-state index < -0.39 is 0 Å². The molecule has 0 atom stereocenters. The number of fused-ring (bicyclic) bond motifs is 1. The number of hydrogen-bond donors (Lipinski definition) is 1. The first-order chi connectivity index (χ1) is 14.1. The second-order valence-electron chi connectivity index (χ2n) is 6.60. The Labute approximate surface area is 173 Å². The summed E-state index contributed by atoms with van der Waals surface area (Å²) in [7, 11) is 1.62. The highest BCUT2D eigenvalue weighted by Crippen LogP contribution is 2.34. The molecule has 0 spiro atoms. The van der Waals surface area contributed by atoms with Gasteiger partial charge in [0.2, 0.25) is 5.91 Å². The maximum absolute atomic E-state index is 12.6. The number of benzene rings is 3. The number of nitrogens with one attached hydrogen (secondary N) is 1. The molecule has 1 N–H and O–H groups in total. The molecule has 4 aromatic rings. The van der Waals surface area contributed by atoms with Gasteiger partial charge in [0.1, 0.15) is 10.8 Å². The van der Waals surface area contributed by atoms with Gasteiger partial charge >= 0.3 is 0 Å². The number of carbonyl (C=O) groups is 1. The Hall–Kier alpha value is -3.44. The lowest BCUT2D eigenvalue weighted by molar-refractivity contribution is -0.111. The van der Waals surface area contributed by atoms with Gasteiger partial charge < -0.3 is 10.1 Å². The summed E-state index contributed by atoms with van der Waals surface area (Å²) in [6.45, 7) is 2.01. The molecule has 4 nitrogen and oxygen atoms in total. The van der Waals surface area contributed by atoms with Gasteiger partial charge in [0, 0.05) is 17.2 Å². The van der Waals surface area contributed by atoms with Gasteiger partial charge in [-0.2, -0.15) is 0 Å². The Bertz CT molecular complexity index is 1180. The molecule has 0 radical (unpaired) electrons. The van der Waals surface area contributed by atoms with Crippen LogP contribution < -0.4 is 10.1 Å². The number of ether oxygens (including phenoxy) is 1. The lowest BCUT2D eigenvalue weighted by atomic mass is 10.1. The van der Waals surface area contributed by atoms with Gasteiger partial charge in [-0.15, -0.1) is 11.3 Å². The molecule has 144 valence electrons. The summed E-state index contributed by atoms with van der Waals surface area (Å²) in [5.41, 5.74) is 4.57. The third-order valence-electron chi connectivity index (χ3n) is 4.51. The van der Waals surface area contributed by atoms with Crippen LogP contribution in [0.3, 0.4) is 0 Å². The van der Waals surface area contributed by atoms with Gasteiger partial charge in [-0.3, -0.25) is 4.79 Å². The molecule has 1 amide bonds. The fourth-order valence-corrected chi connectivity index (χ4v) is 4.10. The first kappa shape index (κ1) is 18.9. The lowest BCUT2D eigenvalue weighted by Gasteiger charge is -2.08. The molecule has 0 unspecified atom stereocenters. The lowest BCUT2D eigenvalue weighted by Crippen LogP contribution is -2.08. The van der Waals surface area contributed by atoms with E-state index in [1.807, 2.05) is 67.6 Å².